The SMILES string of the molecule is COc1ccc(/C(Cl)=C(\C=C\C(=O)Nc2cccc(C#N)c2)CC(=O)Nc2cccc(C#N)c2)cc1. The number of hydrogen-bond acceptors (Lipinski definition) is 5. The quantitative estimate of drug-likeness (QED) is 0.310. The molecule has 0 aliphatic heterocycles. The Hall–Kier alpha value is -4.85. The number of nitrogens with one attached hydrogen (secondary N) is 2. The van der Waals surface area contributed by atoms with E-state index in [0.717, 1.165) is 0 Å². The maximum Gasteiger partial charge on any atom is 0.248 e. The first-order chi connectivity index (χ1) is 17.4. The topological polar surface area (TPSA) is 115 Å². The van der Waals surface area contributed by atoms with Crippen LogP contribution in [-0.2, 0) is 9.59 Å². The Kier molecular flexibility index (Phi) is 9.00. The Bertz CT molecular complexity index is 1410. The van der Waals surface area contributed by atoms with Crippen LogP contribution in [0.1, 0.15) is 23.1 Å². The standard InChI is InChI=1S/C28H21ClN4O3/c1-36-25-11-8-21(9-12-25)28(29)22(16-27(35)33-24-7-3-5-20(15-24)18-31)10-13-26(34)32-23-6-2-4-19(14-23)17-30/h2-15H,16H2,1H3,(H,32,34)(H,33,35)/b13-10+,28-22-. The van der Waals surface area contributed by atoms with E-state index in [9.17, 15) is 9.59 Å². The molecule has 0 aliphatic rings. The smallest absolute Gasteiger partial charge is 0.248 e. The average Bonchev–Trinajstić information content (AvgIpc) is 2.90. The fourth-order valence-electron chi connectivity index (χ4n) is 3.20. The largest absolute Gasteiger partial charge is 0.497 e. The lowest BCUT2D eigenvalue weighted by atomic mass is 10.1. The first-order valence-corrected chi connectivity index (χ1v) is 11.1. The summed E-state index contributed by atoms with van der Waals surface area (Å²) in [5.74, 6) is -0.183. The minimum atomic E-state index is -0.455. The predicted molar refractivity (Wildman–Crippen MR) is 139 cm³/mol. The van der Waals surface area contributed by atoms with Crippen molar-refractivity contribution in [1.82, 2.24) is 0 Å². The highest BCUT2D eigenvalue weighted by atomic mass is 35.5. The van der Waals surface area contributed by atoms with E-state index in [1.54, 1.807) is 79.9 Å². The van der Waals surface area contributed by atoms with Gasteiger partial charge < -0.3 is 15.4 Å². The third-order valence-corrected chi connectivity index (χ3v) is 5.41. The Balaban J connectivity index is 1.84. The Labute approximate surface area is 213 Å². The third kappa shape index (κ3) is 7.33. The molecule has 0 aliphatic carbocycles. The Morgan fingerprint density at radius 3 is 2.03 bits per heavy atom. The van der Waals surface area contributed by atoms with Gasteiger partial charge in [0.2, 0.25) is 11.8 Å². The molecule has 3 aromatic carbocycles. The summed E-state index contributed by atoms with van der Waals surface area (Å²) in [7, 11) is 1.55. The summed E-state index contributed by atoms with van der Waals surface area (Å²) >= 11 is 6.64. The minimum Gasteiger partial charge on any atom is -0.497 e. The van der Waals surface area contributed by atoms with Gasteiger partial charge in [-0.05, 0) is 71.8 Å². The molecule has 0 fully saturated rings. The van der Waals surface area contributed by atoms with E-state index in [4.69, 9.17) is 26.9 Å². The number of hydrogen-bond donors (Lipinski definition) is 2. The summed E-state index contributed by atoms with van der Waals surface area (Å²) in [6, 6.07) is 24.1. The molecule has 0 radical (unpaired) electrons. The molecule has 2 N–H and O–H groups in total. The number of allylic oxidation sites excluding steroid dienone is 1. The maximum atomic E-state index is 12.8. The molecule has 178 valence electrons. The normalized spacial score (nSPS) is 11.1. The van der Waals surface area contributed by atoms with Crippen LogP contribution in [-0.4, -0.2) is 18.9 Å². The minimum absolute atomic E-state index is 0.130. The highest BCUT2D eigenvalue weighted by Gasteiger charge is 2.12. The molecule has 0 spiro atoms. The van der Waals surface area contributed by atoms with Crippen LogP contribution < -0.4 is 15.4 Å². The van der Waals surface area contributed by atoms with Crippen molar-refractivity contribution in [3.8, 4) is 17.9 Å². The molecular formula is C28H21ClN4O3. The number of nitriles is 2. The van der Waals surface area contributed by atoms with Crippen LogP contribution in [0.15, 0.2) is 90.5 Å². The van der Waals surface area contributed by atoms with Crippen LogP contribution in [0.5, 0.6) is 5.75 Å². The summed E-state index contributed by atoms with van der Waals surface area (Å²) in [6.45, 7) is 0. The van der Waals surface area contributed by atoms with Crippen molar-refractivity contribution >= 4 is 39.8 Å². The van der Waals surface area contributed by atoms with Gasteiger partial charge in [-0.15, -0.1) is 0 Å². The molecule has 7 nitrogen and oxygen atoms in total. The van der Waals surface area contributed by atoms with Crippen LogP contribution in [0.2, 0.25) is 0 Å². The van der Waals surface area contributed by atoms with Crippen molar-refractivity contribution in [2.24, 2.45) is 0 Å². The van der Waals surface area contributed by atoms with Crippen molar-refractivity contribution in [3.63, 3.8) is 0 Å². The number of amides is 2. The van der Waals surface area contributed by atoms with Gasteiger partial charge in [0.05, 0.1) is 41.8 Å². The lowest BCUT2D eigenvalue weighted by Crippen LogP contribution is -2.13. The van der Waals surface area contributed by atoms with Gasteiger partial charge in [0.1, 0.15) is 5.75 Å². The summed E-state index contributed by atoms with van der Waals surface area (Å²) < 4.78 is 5.18. The number of benzene rings is 3. The molecule has 0 bridgehead atoms. The summed E-state index contributed by atoms with van der Waals surface area (Å²) in [4.78, 5) is 25.3. The van der Waals surface area contributed by atoms with Gasteiger partial charge in [-0.3, -0.25) is 9.59 Å². The molecule has 0 heterocycles. The van der Waals surface area contributed by atoms with Gasteiger partial charge in [-0.25, -0.2) is 0 Å². The fourth-order valence-corrected chi connectivity index (χ4v) is 3.46. The number of anilines is 2. The molecular weight excluding hydrogens is 476 g/mol. The van der Waals surface area contributed by atoms with E-state index < -0.39 is 5.91 Å². The number of ether oxygens (including phenoxy) is 1. The van der Waals surface area contributed by atoms with Gasteiger partial charge in [-0.1, -0.05) is 29.8 Å². The molecule has 0 aromatic heterocycles. The summed E-state index contributed by atoms with van der Waals surface area (Å²) in [6.07, 6.45) is 2.61. The Morgan fingerprint density at radius 2 is 1.47 bits per heavy atom. The summed E-state index contributed by atoms with van der Waals surface area (Å²) in [5, 5.41) is 23.8. The second kappa shape index (κ2) is 12.6. The monoisotopic (exact) mass is 496 g/mol. The molecule has 3 rings (SSSR count). The predicted octanol–water partition coefficient (Wildman–Crippen LogP) is 5.61. The zero-order chi connectivity index (χ0) is 25.9. The fraction of sp³-hybridized carbons (Fsp3) is 0.0714. The average molecular weight is 497 g/mol. The molecule has 0 atom stereocenters. The van der Waals surface area contributed by atoms with Crippen LogP contribution in [0.4, 0.5) is 11.4 Å². The van der Waals surface area contributed by atoms with E-state index >= 15 is 0 Å². The lowest BCUT2D eigenvalue weighted by molar-refractivity contribution is -0.115. The molecule has 3 aromatic rings. The highest BCUT2D eigenvalue weighted by Crippen LogP contribution is 2.28. The van der Waals surface area contributed by atoms with Crippen LogP contribution in [0, 0.1) is 22.7 Å². The molecule has 0 unspecified atom stereocenters. The second-order valence-corrected chi connectivity index (χ2v) is 7.88. The van der Waals surface area contributed by atoms with Gasteiger partial charge in [0.15, 0.2) is 0 Å². The highest BCUT2D eigenvalue weighted by molar-refractivity contribution is 6.49. The van der Waals surface area contributed by atoms with Gasteiger partial charge >= 0.3 is 0 Å². The van der Waals surface area contributed by atoms with Gasteiger partial charge in [-0.2, -0.15) is 10.5 Å². The first-order valence-electron chi connectivity index (χ1n) is 10.7. The molecule has 0 saturated carbocycles. The lowest BCUT2D eigenvalue weighted by Gasteiger charge is -2.10. The Morgan fingerprint density at radius 1 is 0.889 bits per heavy atom. The third-order valence-electron chi connectivity index (χ3n) is 4.95. The number of halogens is 1. The van der Waals surface area contributed by atoms with E-state index in [-0.39, 0.29) is 17.4 Å². The number of methoxy groups -OCH3 is 1. The van der Waals surface area contributed by atoms with Crippen LogP contribution in [0.25, 0.3) is 5.03 Å². The van der Waals surface area contributed by atoms with Crippen LogP contribution in [0.3, 0.4) is 0 Å². The van der Waals surface area contributed by atoms with Gasteiger partial charge in [0.25, 0.3) is 0 Å². The van der Waals surface area contributed by atoms with Crippen molar-refractivity contribution < 1.29 is 14.3 Å². The van der Waals surface area contributed by atoms with Crippen molar-refractivity contribution in [1.29, 1.82) is 10.5 Å². The van der Waals surface area contributed by atoms with E-state index in [0.29, 0.717) is 39.4 Å². The number of rotatable bonds is 8. The number of nitrogens with zero attached hydrogens (tertiary/aromatic N) is 2. The van der Waals surface area contributed by atoms with E-state index in [1.165, 1.54) is 12.2 Å². The van der Waals surface area contributed by atoms with E-state index in [2.05, 4.69) is 10.6 Å². The van der Waals surface area contributed by atoms with Crippen molar-refractivity contribution in [2.45, 2.75) is 6.42 Å². The number of carbonyl (C=O) groups is 2. The maximum absolute atomic E-state index is 12.8. The van der Waals surface area contributed by atoms with Crippen molar-refractivity contribution in [2.75, 3.05) is 17.7 Å². The second-order valence-electron chi connectivity index (χ2n) is 7.50. The molecule has 2 amide bonds. The first kappa shape index (κ1) is 25.8. The number of carbonyl (C=O) groups excluding carboxylic acids is 2. The van der Waals surface area contributed by atoms with E-state index in [1.807, 2.05) is 12.1 Å². The van der Waals surface area contributed by atoms with Crippen LogP contribution >= 0.6 is 11.6 Å². The zero-order valence-corrected chi connectivity index (χ0v) is 20.0. The molecule has 0 saturated heterocycles. The van der Waals surface area contributed by atoms with Gasteiger partial charge in [0, 0.05) is 17.5 Å². The van der Waals surface area contributed by atoms with Crippen molar-refractivity contribution in [3.05, 3.63) is 107 Å². The molecule has 8 heteroatoms. The zero-order valence-electron chi connectivity index (χ0n) is 19.3. The summed E-state index contributed by atoms with van der Waals surface area (Å²) in [5.41, 5.74) is 2.80. The molecule has 36 heavy (non-hydrogen) atoms.